The molecule has 65 valence electrons. The van der Waals surface area contributed by atoms with Crippen LogP contribution in [0.25, 0.3) is 5.69 Å². The van der Waals surface area contributed by atoms with Gasteiger partial charge in [0.25, 0.3) is 0 Å². The predicted octanol–water partition coefficient (Wildman–Crippen LogP) is 2.19. The molecule has 1 aromatic carbocycles. The highest BCUT2D eigenvalue weighted by Gasteiger charge is 1.96. The van der Waals surface area contributed by atoms with Crippen molar-refractivity contribution in [2.24, 2.45) is 0 Å². The summed E-state index contributed by atoms with van der Waals surface area (Å²) in [5, 5.41) is 0. The Morgan fingerprint density at radius 3 is 2.46 bits per heavy atom. The van der Waals surface area contributed by atoms with Gasteiger partial charge in [-0.1, -0.05) is 0 Å². The van der Waals surface area contributed by atoms with Crippen molar-refractivity contribution in [1.82, 2.24) is 9.55 Å². The molecule has 0 aliphatic carbocycles. The zero-order valence-corrected chi connectivity index (χ0v) is 6.94. The lowest BCUT2D eigenvalue weighted by Gasteiger charge is -1.99. The Labute approximate surface area is 75.7 Å². The van der Waals surface area contributed by atoms with Crippen molar-refractivity contribution in [2.45, 2.75) is 0 Å². The van der Waals surface area contributed by atoms with Crippen molar-refractivity contribution in [2.75, 3.05) is 0 Å². The maximum atomic E-state index is 12.6. The third-order valence-corrected chi connectivity index (χ3v) is 1.76. The fraction of sp³-hybridized carbons (Fsp3) is 0. The minimum atomic E-state index is -0.237. The Morgan fingerprint density at radius 2 is 1.92 bits per heavy atom. The summed E-state index contributed by atoms with van der Waals surface area (Å²) in [6.07, 6.45) is 3.43. The van der Waals surface area contributed by atoms with Crippen molar-refractivity contribution in [1.29, 1.82) is 0 Å². The first-order valence-electron chi connectivity index (χ1n) is 3.87. The molecule has 0 aliphatic rings. The van der Waals surface area contributed by atoms with Gasteiger partial charge in [0.15, 0.2) is 0 Å². The zero-order chi connectivity index (χ0) is 9.26. The van der Waals surface area contributed by atoms with Crippen LogP contribution in [-0.4, -0.2) is 9.55 Å². The monoisotopic (exact) mass is 175 g/mol. The summed E-state index contributed by atoms with van der Waals surface area (Å²) in [5.41, 5.74) is 1.58. The third-order valence-electron chi connectivity index (χ3n) is 1.76. The SMILES string of the molecule is [CH2]c1cn(-c2ccc(F)cc2)cn1. The van der Waals surface area contributed by atoms with Crippen molar-refractivity contribution < 1.29 is 4.39 Å². The van der Waals surface area contributed by atoms with Gasteiger partial charge in [-0.05, 0) is 31.2 Å². The van der Waals surface area contributed by atoms with E-state index in [1.165, 1.54) is 12.1 Å². The Kier molecular flexibility index (Phi) is 1.85. The topological polar surface area (TPSA) is 17.8 Å². The van der Waals surface area contributed by atoms with E-state index in [1.54, 1.807) is 29.2 Å². The molecule has 1 heterocycles. The molecule has 0 amide bonds. The molecule has 2 nitrogen and oxygen atoms in total. The highest BCUT2D eigenvalue weighted by atomic mass is 19.1. The fourth-order valence-corrected chi connectivity index (χ4v) is 1.12. The highest BCUT2D eigenvalue weighted by Crippen LogP contribution is 2.08. The molecule has 3 heteroatoms. The molecule has 0 saturated heterocycles. The molecule has 1 radical (unpaired) electrons. The number of benzene rings is 1. The highest BCUT2D eigenvalue weighted by molar-refractivity contribution is 5.32. The largest absolute Gasteiger partial charge is 0.306 e. The van der Waals surface area contributed by atoms with Crippen LogP contribution in [0.1, 0.15) is 5.69 Å². The molecule has 2 rings (SSSR count). The summed E-state index contributed by atoms with van der Waals surface area (Å²) in [6, 6.07) is 6.21. The Balaban J connectivity index is 2.41. The minimum Gasteiger partial charge on any atom is -0.306 e. The molecule has 0 atom stereocenters. The Hall–Kier alpha value is -1.64. The predicted molar refractivity (Wildman–Crippen MR) is 48.0 cm³/mol. The molecule has 2 aromatic rings. The second-order valence-corrected chi connectivity index (χ2v) is 2.75. The van der Waals surface area contributed by atoms with Gasteiger partial charge in [0, 0.05) is 11.9 Å². The lowest BCUT2D eigenvalue weighted by molar-refractivity contribution is 0.627. The first-order chi connectivity index (χ1) is 6.25. The van der Waals surface area contributed by atoms with E-state index in [2.05, 4.69) is 11.9 Å². The summed E-state index contributed by atoms with van der Waals surface area (Å²) >= 11 is 0. The van der Waals surface area contributed by atoms with Crippen molar-refractivity contribution in [3.8, 4) is 5.69 Å². The maximum absolute atomic E-state index is 12.6. The van der Waals surface area contributed by atoms with Crippen LogP contribution in [0.3, 0.4) is 0 Å². The lowest BCUT2D eigenvalue weighted by atomic mass is 10.3. The van der Waals surface area contributed by atoms with Gasteiger partial charge in [0.1, 0.15) is 5.82 Å². The van der Waals surface area contributed by atoms with E-state index in [4.69, 9.17) is 0 Å². The van der Waals surface area contributed by atoms with Gasteiger partial charge < -0.3 is 4.57 Å². The van der Waals surface area contributed by atoms with E-state index in [0.717, 1.165) is 5.69 Å². The van der Waals surface area contributed by atoms with Crippen molar-refractivity contribution in [3.05, 3.63) is 55.2 Å². The standard InChI is InChI=1S/C10H8FN2/c1-8-6-13(7-12-8)10-4-2-9(11)3-5-10/h2-7H,1H2. The van der Waals surface area contributed by atoms with Crippen molar-refractivity contribution in [3.63, 3.8) is 0 Å². The molecule has 0 aliphatic heterocycles. The van der Waals surface area contributed by atoms with Crippen LogP contribution in [0, 0.1) is 12.7 Å². The van der Waals surface area contributed by atoms with E-state index < -0.39 is 0 Å². The lowest BCUT2D eigenvalue weighted by Crippen LogP contribution is -1.89. The number of rotatable bonds is 1. The fourth-order valence-electron chi connectivity index (χ4n) is 1.12. The first kappa shape index (κ1) is 7.98. The summed E-state index contributed by atoms with van der Waals surface area (Å²) < 4.78 is 14.4. The molecule has 0 fully saturated rings. The molecule has 0 spiro atoms. The number of nitrogens with zero attached hydrogens (tertiary/aromatic N) is 2. The average molecular weight is 175 g/mol. The maximum Gasteiger partial charge on any atom is 0.123 e. The number of imidazole rings is 1. The number of halogens is 1. The van der Waals surface area contributed by atoms with E-state index in [9.17, 15) is 4.39 Å². The van der Waals surface area contributed by atoms with E-state index in [0.29, 0.717) is 5.69 Å². The van der Waals surface area contributed by atoms with E-state index >= 15 is 0 Å². The summed E-state index contributed by atoms with van der Waals surface area (Å²) in [4.78, 5) is 3.97. The van der Waals surface area contributed by atoms with Gasteiger partial charge in [-0.3, -0.25) is 0 Å². The quantitative estimate of drug-likeness (QED) is 0.649. The number of aromatic nitrogens is 2. The van der Waals surface area contributed by atoms with E-state index in [-0.39, 0.29) is 5.82 Å². The van der Waals surface area contributed by atoms with Crippen LogP contribution in [0.5, 0.6) is 0 Å². The third kappa shape index (κ3) is 1.59. The van der Waals surface area contributed by atoms with Crippen LogP contribution < -0.4 is 0 Å². The van der Waals surface area contributed by atoms with Crippen LogP contribution >= 0.6 is 0 Å². The van der Waals surface area contributed by atoms with Crippen molar-refractivity contribution >= 4 is 0 Å². The molecule has 0 saturated carbocycles. The van der Waals surface area contributed by atoms with E-state index in [1.807, 2.05) is 0 Å². The minimum absolute atomic E-state index is 0.237. The summed E-state index contributed by atoms with van der Waals surface area (Å²) in [7, 11) is 0. The number of hydrogen-bond donors (Lipinski definition) is 0. The van der Waals surface area contributed by atoms with Gasteiger partial charge in [0.2, 0.25) is 0 Å². The number of hydrogen-bond acceptors (Lipinski definition) is 1. The van der Waals surface area contributed by atoms with Gasteiger partial charge in [-0.15, -0.1) is 0 Å². The van der Waals surface area contributed by atoms with Crippen LogP contribution in [0.2, 0.25) is 0 Å². The van der Waals surface area contributed by atoms with Gasteiger partial charge in [-0.2, -0.15) is 0 Å². The van der Waals surface area contributed by atoms with Crippen LogP contribution in [0.15, 0.2) is 36.8 Å². The van der Waals surface area contributed by atoms with Gasteiger partial charge in [0.05, 0.1) is 12.0 Å². The second kappa shape index (κ2) is 3.01. The molecule has 0 bridgehead atoms. The summed E-state index contributed by atoms with van der Waals surface area (Å²) in [6.45, 7) is 3.68. The molecule has 13 heavy (non-hydrogen) atoms. The summed E-state index contributed by atoms with van der Waals surface area (Å²) in [5.74, 6) is -0.237. The average Bonchev–Trinajstić information content (AvgIpc) is 2.53. The first-order valence-corrected chi connectivity index (χ1v) is 3.87. The zero-order valence-electron chi connectivity index (χ0n) is 6.94. The smallest absolute Gasteiger partial charge is 0.123 e. The van der Waals surface area contributed by atoms with Gasteiger partial charge in [-0.25, -0.2) is 9.37 Å². The Bertz CT molecular complexity index is 403. The normalized spacial score (nSPS) is 10.3. The second-order valence-electron chi connectivity index (χ2n) is 2.75. The molecule has 0 unspecified atom stereocenters. The Morgan fingerprint density at radius 1 is 1.23 bits per heavy atom. The molecule has 0 N–H and O–H groups in total. The molecular formula is C10H8FN2. The van der Waals surface area contributed by atoms with Crippen LogP contribution in [0.4, 0.5) is 4.39 Å². The van der Waals surface area contributed by atoms with Crippen LogP contribution in [-0.2, 0) is 0 Å². The molecule has 1 aromatic heterocycles. The molecular weight excluding hydrogens is 167 g/mol. The van der Waals surface area contributed by atoms with Gasteiger partial charge >= 0.3 is 0 Å².